The molecule has 0 aromatic heterocycles. The molecule has 0 bridgehead atoms. The Morgan fingerprint density at radius 1 is 1.44 bits per heavy atom. The maximum absolute atomic E-state index is 9.87. The molecule has 0 heterocycles. The quantitative estimate of drug-likeness (QED) is 0.326. The zero-order chi connectivity index (χ0) is 5.86. The molecule has 0 radical (unpaired) electrons. The minimum atomic E-state index is -1.06. The average molecular weight is 142 g/mol. The van der Waals surface area contributed by atoms with Gasteiger partial charge in [-0.2, -0.15) is 0 Å². The summed E-state index contributed by atoms with van der Waals surface area (Å²) >= 11 is 0. The molecule has 2 N–H and O–H groups in total. The second-order valence-electron chi connectivity index (χ2n) is 1.27. The number of hydrogen-bond donors (Lipinski definition) is 1. The first-order valence-electron chi connectivity index (χ1n) is 1.84. The third-order valence-electron chi connectivity index (χ3n) is 0.400. The van der Waals surface area contributed by atoms with Crippen LogP contribution in [0.15, 0.2) is 0 Å². The largest absolute Gasteiger partial charge is 1.00 e. The summed E-state index contributed by atoms with van der Waals surface area (Å²) in [6.45, 7) is 1.24. The molecule has 0 amide bonds. The summed E-state index contributed by atoms with van der Waals surface area (Å²) in [6, 6.07) is 0. The van der Waals surface area contributed by atoms with Crippen LogP contribution < -0.4 is 29.6 Å². The topological polar surface area (TPSA) is 84.4 Å². The molecule has 5 heteroatoms. The summed E-state index contributed by atoms with van der Waals surface area (Å²) < 4.78 is 0. The fourth-order valence-corrected chi connectivity index (χ4v) is 0.213. The van der Waals surface area contributed by atoms with E-state index in [9.17, 15) is 9.59 Å². The van der Waals surface area contributed by atoms with Gasteiger partial charge in [0.05, 0.1) is 0 Å². The van der Waals surface area contributed by atoms with E-state index in [0.29, 0.717) is 0 Å². The van der Waals surface area contributed by atoms with Gasteiger partial charge in [-0.3, -0.25) is 9.59 Å². The van der Waals surface area contributed by atoms with Gasteiger partial charge in [0.1, 0.15) is 12.2 Å². The molecule has 0 aliphatic carbocycles. The second kappa shape index (κ2) is 8.10. The number of carbonyl (C=O) groups is 2. The van der Waals surface area contributed by atoms with Crippen LogP contribution in [0.3, 0.4) is 0 Å². The zero-order valence-electron chi connectivity index (χ0n) is 5.42. The van der Waals surface area contributed by atoms with Crippen molar-refractivity contribution in [1.82, 2.24) is 0 Å². The Hall–Kier alpha value is 0.1000. The van der Waals surface area contributed by atoms with Gasteiger partial charge in [0, 0.05) is 0 Å². The summed E-state index contributed by atoms with van der Waals surface area (Å²) in [5, 5.41) is 7.86. The smallest absolute Gasteiger partial charge is 0.870 e. The molecule has 0 aromatic rings. The summed E-state index contributed by atoms with van der Waals surface area (Å²) in [4.78, 5) is 19.5. The molecule has 0 atom stereocenters. The Balaban J connectivity index is -0.000000180. The minimum Gasteiger partial charge on any atom is -0.870 e. The van der Waals surface area contributed by atoms with Crippen LogP contribution >= 0.6 is 0 Å². The predicted molar refractivity (Wildman–Crippen MR) is 24.9 cm³/mol. The van der Waals surface area contributed by atoms with E-state index in [0.717, 1.165) is 0 Å². The van der Waals surface area contributed by atoms with Crippen LogP contribution in [0.25, 0.3) is 0 Å². The molecule has 0 unspecified atom stereocenters. The van der Waals surface area contributed by atoms with Crippen LogP contribution in [0.5, 0.6) is 0 Å². The van der Waals surface area contributed by atoms with Gasteiger partial charge in [-0.05, 0) is 6.92 Å². The standard InChI is InChI=1S/C4H6O3.Na.H2O/c1-3(5)2-4(6)7;;/h2H2,1H3,(H,6,7);;1H2/q;+1;/p-1. The molecule has 0 aliphatic rings. The van der Waals surface area contributed by atoms with Crippen molar-refractivity contribution in [3.05, 3.63) is 0 Å². The number of ketones is 1. The second-order valence-corrected chi connectivity index (χ2v) is 1.27. The molecule has 0 saturated carbocycles. The normalized spacial score (nSPS) is 6.33. The Morgan fingerprint density at radius 2 is 1.78 bits per heavy atom. The number of carboxylic acid groups (broad SMARTS) is 1. The monoisotopic (exact) mass is 142 g/mol. The maximum Gasteiger partial charge on any atom is 1.00 e. The third-order valence-corrected chi connectivity index (χ3v) is 0.400. The zero-order valence-corrected chi connectivity index (χ0v) is 7.42. The molecule has 0 spiro atoms. The van der Waals surface area contributed by atoms with Crippen molar-refractivity contribution in [3.63, 3.8) is 0 Å². The average Bonchev–Trinajstić information content (AvgIpc) is 1.27. The molecule has 48 valence electrons. The van der Waals surface area contributed by atoms with Crippen molar-refractivity contribution >= 4 is 11.8 Å². The molecule has 0 aliphatic heterocycles. The van der Waals surface area contributed by atoms with E-state index in [1.54, 1.807) is 0 Å². The van der Waals surface area contributed by atoms with Gasteiger partial charge >= 0.3 is 35.5 Å². The van der Waals surface area contributed by atoms with Crippen molar-refractivity contribution in [1.29, 1.82) is 0 Å². The van der Waals surface area contributed by atoms with E-state index in [2.05, 4.69) is 0 Å². The fourth-order valence-electron chi connectivity index (χ4n) is 0.213. The van der Waals surface area contributed by atoms with E-state index in [-0.39, 0.29) is 47.2 Å². The molecule has 4 nitrogen and oxygen atoms in total. The minimum absolute atomic E-state index is 0. The Kier molecular flexibility index (Phi) is 14.4. The van der Waals surface area contributed by atoms with Crippen molar-refractivity contribution in [3.8, 4) is 0 Å². The molecule has 0 rings (SSSR count). The van der Waals surface area contributed by atoms with Crippen LogP contribution in [-0.4, -0.2) is 22.3 Å². The van der Waals surface area contributed by atoms with Crippen molar-refractivity contribution in [2.75, 3.05) is 0 Å². The Bertz CT molecular complexity index is 88.7. The fraction of sp³-hybridized carbons (Fsp3) is 0.500. The molecular weight excluding hydrogens is 135 g/mol. The van der Waals surface area contributed by atoms with Gasteiger partial charge in [0.15, 0.2) is 0 Å². The SMILES string of the molecule is CC(=O)CC(=O)O.[Na+].[OH-]. The molecule has 9 heavy (non-hydrogen) atoms. The first-order valence-corrected chi connectivity index (χ1v) is 1.84. The van der Waals surface area contributed by atoms with E-state index in [1.165, 1.54) is 6.92 Å². The van der Waals surface area contributed by atoms with Crippen LogP contribution in [-0.2, 0) is 9.59 Å². The number of carbonyl (C=O) groups excluding carboxylic acids is 1. The summed E-state index contributed by atoms with van der Waals surface area (Å²) in [6.07, 6.45) is -0.361. The van der Waals surface area contributed by atoms with E-state index in [1.807, 2.05) is 0 Å². The Morgan fingerprint density at radius 3 is 1.78 bits per heavy atom. The van der Waals surface area contributed by atoms with Crippen molar-refractivity contribution in [2.45, 2.75) is 13.3 Å². The van der Waals surface area contributed by atoms with Crippen LogP contribution in [0, 0.1) is 0 Å². The van der Waals surface area contributed by atoms with Crippen LogP contribution in [0.1, 0.15) is 13.3 Å². The summed E-state index contributed by atoms with van der Waals surface area (Å²) in [5.74, 6) is -1.37. The summed E-state index contributed by atoms with van der Waals surface area (Å²) in [7, 11) is 0. The third kappa shape index (κ3) is 17.9. The van der Waals surface area contributed by atoms with Gasteiger partial charge in [-0.25, -0.2) is 0 Å². The molecule has 0 fully saturated rings. The maximum atomic E-state index is 9.87. The van der Waals surface area contributed by atoms with E-state index in [4.69, 9.17) is 5.11 Å². The Labute approximate surface area is 74.8 Å². The number of carboxylic acids is 1. The van der Waals surface area contributed by atoms with Gasteiger partial charge in [0.25, 0.3) is 0 Å². The molecule has 0 saturated heterocycles. The van der Waals surface area contributed by atoms with Gasteiger partial charge < -0.3 is 10.6 Å². The van der Waals surface area contributed by atoms with E-state index < -0.39 is 5.97 Å². The predicted octanol–water partition coefficient (Wildman–Crippen LogP) is -3.12. The van der Waals surface area contributed by atoms with Crippen LogP contribution in [0.4, 0.5) is 0 Å². The first kappa shape index (κ1) is 16.0. The number of aliphatic carboxylic acids is 1. The van der Waals surface area contributed by atoms with Gasteiger partial charge in [-0.1, -0.05) is 0 Å². The van der Waals surface area contributed by atoms with Crippen LogP contribution in [0.2, 0.25) is 0 Å². The first-order chi connectivity index (χ1) is 3.13. The number of Topliss-reactive ketones (excluding diaryl/α,β-unsaturated/α-hetero) is 1. The molecule has 0 aromatic carbocycles. The van der Waals surface area contributed by atoms with Gasteiger partial charge in [0.2, 0.25) is 0 Å². The number of rotatable bonds is 2. The number of hydrogen-bond acceptors (Lipinski definition) is 3. The van der Waals surface area contributed by atoms with E-state index >= 15 is 0 Å². The van der Waals surface area contributed by atoms with Crippen molar-refractivity contribution in [2.24, 2.45) is 0 Å². The van der Waals surface area contributed by atoms with Gasteiger partial charge in [-0.15, -0.1) is 0 Å². The summed E-state index contributed by atoms with van der Waals surface area (Å²) in [5.41, 5.74) is 0. The molecular formula is C4H7NaO4. The van der Waals surface area contributed by atoms with Crippen molar-refractivity contribution < 1.29 is 49.7 Å².